The highest BCUT2D eigenvalue weighted by Gasteiger charge is 2.54. The van der Waals surface area contributed by atoms with E-state index < -0.39 is 60.2 Å². The highest BCUT2D eigenvalue weighted by atomic mass is 16.7. The summed E-state index contributed by atoms with van der Waals surface area (Å²) < 4.78 is 24.3. The lowest BCUT2D eigenvalue weighted by Crippen LogP contribution is -2.60. The van der Waals surface area contributed by atoms with Crippen molar-refractivity contribution in [2.45, 2.75) is 68.0 Å². The van der Waals surface area contributed by atoms with Gasteiger partial charge in [-0.3, -0.25) is 4.79 Å². The van der Waals surface area contributed by atoms with Gasteiger partial charge in [0.1, 0.15) is 53.0 Å². The Morgan fingerprint density at radius 1 is 0.883 bits per heavy atom. The molecular formula is C42H41N5O13. The molecule has 312 valence electrons. The van der Waals surface area contributed by atoms with Crippen molar-refractivity contribution >= 4 is 23.5 Å². The molecule has 8 rings (SSSR count). The first-order chi connectivity index (χ1) is 28.9. The van der Waals surface area contributed by atoms with Gasteiger partial charge >= 0.3 is 11.9 Å². The van der Waals surface area contributed by atoms with E-state index in [4.69, 9.17) is 24.7 Å². The zero-order chi connectivity index (χ0) is 42.3. The average Bonchev–Trinajstić information content (AvgIpc) is 3.82. The second-order valence-corrected chi connectivity index (χ2v) is 14.7. The van der Waals surface area contributed by atoms with Gasteiger partial charge in [0.25, 0.3) is 0 Å². The minimum atomic E-state index is -1.81. The lowest BCUT2D eigenvalue weighted by molar-refractivity contribution is -0.293. The molecule has 3 aliphatic rings. The fourth-order valence-corrected chi connectivity index (χ4v) is 7.76. The van der Waals surface area contributed by atoms with Crippen LogP contribution in [0, 0.1) is 0 Å². The highest BCUT2D eigenvalue weighted by molar-refractivity contribution is 6.00. The minimum absolute atomic E-state index is 0.00589. The Hall–Kier alpha value is -6.41. The lowest BCUT2D eigenvalue weighted by atomic mass is 9.77. The number of hydrogen-bond donors (Lipinski definition) is 8. The topological polar surface area (TPSA) is 278 Å². The third-order valence-electron chi connectivity index (χ3n) is 10.8. The number of carbonyl (C=O) groups is 3. The van der Waals surface area contributed by atoms with E-state index in [1.165, 1.54) is 28.9 Å². The Morgan fingerprint density at radius 3 is 2.23 bits per heavy atom. The van der Waals surface area contributed by atoms with Crippen LogP contribution in [0.25, 0.3) is 11.3 Å². The molecule has 4 heterocycles. The number of aromatic nitrogens is 3. The number of carboxylic acids is 1. The van der Waals surface area contributed by atoms with Gasteiger partial charge < -0.3 is 60.6 Å². The van der Waals surface area contributed by atoms with Crippen LogP contribution in [0.2, 0.25) is 0 Å². The SMILES string of the molecule is NCCCC[C@@H](C(=O)Nc1ccc2c(c1)C(=O)OC21c2ccc(O)cc2Oc2cc(O)ccc21)n1cc(-c2ccc(CCO[C@@H]3O[C@H](C(=O)O)[C@@H](O)[C@H](O)[C@H]3O)cc2)nn1. The molecule has 3 aliphatic heterocycles. The number of rotatable bonds is 13. The molecule has 1 spiro atoms. The van der Waals surface area contributed by atoms with Gasteiger partial charge in [-0.15, -0.1) is 5.10 Å². The predicted molar refractivity (Wildman–Crippen MR) is 208 cm³/mol. The predicted octanol–water partition coefficient (Wildman–Crippen LogP) is 2.68. The number of benzene rings is 4. The van der Waals surface area contributed by atoms with Crippen molar-refractivity contribution in [1.82, 2.24) is 15.0 Å². The summed E-state index contributed by atoms with van der Waals surface area (Å²) in [6.07, 6.45) is -4.77. The van der Waals surface area contributed by atoms with Gasteiger partial charge in [-0.1, -0.05) is 35.5 Å². The third-order valence-corrected chi connectivity index (χ3v) is 10.8. The number of carboxylic acid groups (broad SMARTS) is 1. The number of phenols is 2. The molecule has 1 aromatic heterocycles. The first-order valence-corrected chi connectivity index (χ1v) is 19.2. The number of nitrogens with two attached hydrogens (primary N) is 1. The summed E-state index contributed by atoms with van der Waals surface area (Å²) in [4.78, 5) is 39.0. The number of aliphatic carboxylic acids is 1. The maximum Gasteiger partial charge on any atom is 0.340 e. The normalized spacial score (nSPS) is 21.6. The smallest absolute Gasteiger partial charge is 0.340 e. The summed E-state index contributed by atoms with van der Waals surface area (Å²) in [5, 5.41) is 71.3. The van der Waals surface area contributed by atoms with Crippen molar-refractivity contribution in [2.75, 3.05) is 18.5 Å². The van der Waals surface area contributed by atoms with E-state index in [1.807, 2.05) is 12.1 Å². The highest BCUT2D eigenvalue weighted by Crippen LogP contribution is 2.57. The maximum absolute atomic E-state index is 14.0. The Kier molecular flexibility index (Phi) is 11.0. The number of nitrogens with zero attached hydrogens (tertiary/aromatic N) is 3. The van der Waals surface area contributed by atoms with Crippen LogP contribution in [0.15, 0.2) is 85.1 Å². The lowest BCUT2D eigenvalue weighted by Gasteiger charge is -2.38. The van der Waals surface area contributed by atoms with Crippen LogP contribution in [-0.2, 0) is 35.8 Å². The standard InChI is InChI=1S/C42H41N5O13/c43-15-2-1-3-31(47-20-30(45-46-47)22-6-4-21(5-7-22)14-16-57-41-36(52)34(50)35(51)37(59-41)39(54)55)38(53)44-23-8-11-27-26(17-23)40(56)60-42(27)28-12-9-24(48)18-32(28)58-33-19-25(49)10-13-29(33)42/h4-13,17-20,31,34-37,41,48-52H,1-3,14-16,43H2,(H,44,53)(H,54,55)/t31-,34-,35-,36+,37-,41+/m0/s1. The first kappa shape index (κ1) is 40.4. The molecule has 9 N–H and O–H groups in total. The maximum atomic E-state index is 14.0. The summed E-state index contributed by atoms with van der Waals surface area (Å²) in [5.41, 5.74) is 8.29. The molecule has 4 aromatic carbocycles. The first-order valence-electron chi connectivity index (χ1n) is 19.2. The van der Waals surface area contributed by atoms with Gasteiger partial charge in [0.2, 0.25) is 5.91 Å². The number of anilines is 1. The van der Waals surface area contributed by atoms with Crippen molar-refractivity contribution in [1.29, 1.82) is 0 Å². The molecule has 0 radical (unpaired) electrons. The molecule has 1 saturated heterocycles. The van der Waals surface area contributed by atoms with Gasteiger partial charge in [0, 0.05) is 40.1 Å². The van der Waals surface area contributed by atoms with Gasteiger partial charge in [0.05, 0.1) is 18.4 Å². The molecule has 1 amide bonds. The second kappa shape index (κ2) is 16.3. The number of hydrogen-bond acceptors (Lipinski definition) is 15. The molecule has 0 unspecified atom stereocenters. The van der Waals surface area contributed by atoms with E-state index >= 15 is 0 Å². The van der Waals surface area contributed by atoms with Crippen molar-refractivity contribution in [3.63, 3.8) is 0 Å². The number of carbonyl (C=O) groups excluding carboxylic acids is 2. The van der Waals surface area contributed by atoms with Crippen LogP contribution in [0.3, 0.4) is 0 Å². The van der Waals surface area contributed by atoms with Crippen molar-refractivity contribution in [3.05, 3.63) is 113 Å². The number of ether oxygens (including phenoxy) is 4. The van der Waals surface area contributed by atoms with Crippen LogP contribution in [0.4, 0.5) is 5.69 Å². The van der Waals surface area contributed by atoms with E-state index in [1.54, 1.807) is 48.7 Å². The quantitative estimate of drug-likeness (QED) is 0.0626. The fourth-order valence-electron chi connectivity index (χ4n) is 7.76. The largest absolute Gasteiger partial charge is 0.508 e. The zero-order valence-corrected chi connectivity index (χ0v) is 31.7. The van der Waals surface area contributed by atoms with Crippen molar-refractivity contribution in [3.8, 4) is 34.3 Å². The molecular weight excluding hydrogens is 782 g/mol. The Bertz CT molecular complexity index is 2390. The van der Waals surface area contributed by atoms with Crippen LogP contribution >= 0.6 is 0 Å². The third kappa shape index (κ3) is 7.40. The number of aromatic hydroxyl groups is 2. The van der Waals surface area contributed by atoms with E-state index in [9.17, 15) is 45.0 Å². The zero-order valence-electron chi connectivity index (χ0n) is 31.7. The number of esters is 1. The van der Waals surface area contributed by atoms with Crippen LogP contribution in [-0.4, -0.2) is 107 Å². The monoisotopic (exact) mass is 823 g/mol. The van der Waals surface area contributed by atoms with E-state index in [-0.39, 0.29) is 35.2 Å². The second-order valence-electron chi connectivity index (χ2n) is 14.7. The number of phenolic OH excluding ortho intramolecular Hbond substituents is 2. The van der Waals surface area contributed by atoms with E-state index in [0.29, 0.717) is 65.9 Å². The summed E-state index contributed by atoms with van der Waals surface area (Å²) in [6, 6.07) is 20.3. The van der Waals surface area contributed by atoms with Gasteiger partial charge in [-0.25, -0.2) is 14.3 Å². The van der Waals surface area contributed by atoms with Crippen molar-refractivity contribution in [2.24, 2.45) is 5.73 Å². The van der Waals surface area contributed by atoms with Gasteiger partial charge in [-0.2, -0.15) is 0 Å². The molecule has 0 aliphatic carbocycles. The van der Waals surface area contributed by atoms with E-state index in [0.717, 1.165) is 5.56 Å². The molecule has 60 heavy (non-hydrogen) atoms. The fraction of sp³-hybridized carbons (Fsp3) is 0.310. The summed E-state index contributed by atoms with van der Waals surface area (Å²) >= 11 is 0. The molecule has 5 aromatic rings. The summed E-state index contributed by atoms with van der Waals surface area (Å²) in [5.74, 6) is -2.19. The van der Waals surface area contributed by atoms with Crippen LogP contribution in [0.5, 0.6) is 23.0 Å². The molecule has 1 fully saturated rings. The molecule has 6 atom stereocenters. The number of amides is 1. The number of fused-ring (bicyclic) bond motifs is 6. The van der Waals surface area contributed by atoms with E-state index in [2.05, 4.69) is 15.6 Å². The van der Waals surface area contributed by atoms with Crippen LogP contribution < -0.4 is 15.8 Å². The molecule has 0 saturated carbocycles. The summed E-state index contributed by atoms with van der Waals surface area (Å²) in [7, 11) is 0. The Balaban J connectivity index is 0.974. The number of nitrogens with one attached hydrogen (secondary N) is 1. The molecule has 0 bridgehead atoms. The number of unbranched alkanes of at least 4 members (excludes halogenated alkanes) is 1. The van der Waals surface area contributed by atoms with Crippen LogP contribution in [0.1, 0.15) is 57.9 Å². The van der Waals surface area contributed by atoms with Crippen molar-refractivity contribution < 1.29 is 64.0 Å². The number of aliphatic hydroxyl groups excluding tert-OH is 3. The molecule has 18 nitrogen and oxygen atoms in total. The average molecular weight is 824 g/mol. The van der Waals surface area contributed by atoms with Gasteiger partial charge in [-0.05, 0) is 74.2 Å². The summed E-state index contributed by atoms with van der Waals surface area (Å²) in [6.45, 7) is 0.438. The number of aliphatic hydroxyl groups is 3. The minimum Gasteiger partial charge on any atom is -0.508 e. The van der Waals surface area contributed by atoms with Gasteiger partial charge in [0.15, 0.2) is 18.0 Å². The Morgan fingerprint density at radius 2 is 1.57 bits per heavy atom. The molecule has 18 heteroatoms. The Labute approximate surface area is 341 Å².